The number of ether oxygens (including phenoxy) is 1. The van der Waals surface area contributed by atoms with E-state index in [2.05, 4.69) is 79.4 Å². The van der Waals surface area contributed by atoms with Crippen LogP contribution in [0.1, 0.15) is 58.6 Å². The van der Waals surface area contributed by atoms with Gasteiger partial charge in [-0.15, -0.1) is 0 Å². The van der Waals surface area contributed by atoms with Gasteiger partial charge < -0.3 is 15.4 Å². The molecule has 1 aliphatic rings. The first-order valence-corrected chi connectivity index (χ1v) is 11.2. The number of rotatable bonds is 8. The van der Waals surface area contributed by atoms with Crippen molar-refractivity contribution in [3.8, 4) is 0 Å². The summed E-state index contributed by atoms with van der Waals surface area (Å²) < 4.78 is 6.10. The fraction of sp³-hybridized carbons (Fsp3) is 0.708. The van der Waals surface area contributed by atoms with Crippen LogP contribution in [-0.2, 0) is 17.8 Å². The lowest BCUT2D eigenvalue weighted by Crippen LogP contribution is -2.47. The van der Waals surface area contributed by atoms with Crippen LogP contribution in [0.15, 0.2) is 29.3 Å². The third kappa shape index (κ3) is 7.63. The molecule has 164 valence electrons. The lowest BCUT2D eigenvalue weighted by molar-refractivity contribution is -0.0835. The quantitative estimate of drug-likeness (QED) is 0.509. The van der Waals surface area contributed by atoms with Crippen LogP contribution in [0.4, 0.5) is 0 Å². The normalized spacial score (nSPS) is 20.7. The van der Waals surface area contributed by atoms with Crippen LogP contribution < -0.4 is 10.6 Å². The molecule has 0 bridgehead atoms. The van der Waals surface area contributed by atoms with E-state index in [9.17, 15) is 0 Å². The second-order valence-electron chi connectivity index (χ2n) is 9.14. The van der Waals surface area contributed by atoms with Gasteiger partial charge in [-0.1, -0.05) is 58.9 Å². The zero-order valence-corrected chi connectivity index (χ0v) is 19.4. The summed E-state index contributed by atoms with van der Waals surface area (Å²) >= 11 is 0. The second kappa shape index (κ2) is 11.6. The van der Waals surface area contributed by atoms with Gasteiger partial charge in [-0.25, -0.2) is 0 Å². The maximum atomic E-state index is 6.10. The molecule has 1 aromatic carbocycles. The highest BCUT2D eigenvalue weighted by Crippen LogP contribution is 2.33. The number of aliphatic imine (C=N–C) groups is 1. The van der Waals surface area contributed by atoms with Gasteiger partial charge in [0.15, 0.2) is 5.96 Å². The predicted octanol–water partition coefficient (Wildman–Crippen LogP) is 4.03. The third-order valence-electron chi connectivity index (χ3n) is 5.84. The molecule has 1 aromatic rings. The summed E-state index contributed by atoms with van der Waals surface area (Å²) in [5.74, 6) is 1.37. The van der Waals surface area contributed by atoms with E-state index in [1.807, 2.05) is 7.05 Å². The average Bonchev–Trinajstić information content (AvgIpc) is 2.72. The summed E-state index contributed by atoms with van der Waals surface area (Å²) in [5.41, 5.74) is 2.80. The number of nitrogens with zero attached hydrogens (tertiary/aromatic N) is 2. The summed E-state index contributed by atoms with van der Waals surface area (Å²) in [6.07, 6.45) is 2.64. The molecule has 2 unspecified atom stereocenters. The van der Waals surface area contributed by atoms with Gasteiger partial charge in [-0.05, 0) is 42.5 Å². The van der Waals surface area contributed by atoms with Gasteiger partial charge in [-0.2, -0.15) is 0 Å². The van der Waals surface area contributed by atoms with E-state index in [1.54, 1.807) is 0 Å². The lowest BCUT2D eigenvalue weighted by Gasteiger charge is -2.40. The van der Waals surface area contributed by atoms with Gasteiger partial charge in [0.05, 0.1) is 6.10 Å². The minimum absolute atomic E-state index is 0.163. The first-order chi connectivity index (χ1) is 13.9. The Balaban J connectivity index is 1.83. The Morgan fingerprint density at radius 3 is 2.34 bits per heavy atom. The van der Waals surface area contributed by atoms with Gasteiger partial charge in [0.1, 0.15) is 0 Å². The average molecular weight is 403 g/mol. The fourth-order valence-corrected chi connectivity index (χ4v) is 4.11. The van der Waals surface area contributed by atoms with Crippen molar-refractivity contribution in [3.63, 3.8) is 0 Å². The summed E-state index contributed by atoms with van der Waals surface area (Å²) in [5, 5.41) is 6.97. The molecule has 1 saturated heterocycles. The van der Waals surface area contributed by atoms with Crippen molar-refractivity contribution in [2.24, 2.45) is 16.3 Å². The summed E-state index contributed by atoms with van der Waals surface area (Å²) in [6.45, 7) is 17.0. The highest BCUT2D eigenvalue weighted by molar-refractivity contribution is 5.79. The molecule has 1 fully saturated rings. The Labute approximate surface area is 178 Å². The zero-order chi connectivity index (χ0) is 21.3. The first kappa shape index (κ1) is 23.7. The molecule has 29 heavy (non-hydrogen) atoms. The first-order valence-electron chi connectivity index (χ1n) is 11.2. The van der Waals surface area contributed by atoms with E-state index in [-0.39, 0.29) is 5.41 Å². The summed E-state index contributed by atoms with van der Waals surface area (Å²) in [4.78, 5) is 6.83. The number of hydrogen-bond donors (Lipinski definition) is 2. The SMILES string of the molecule is CCN(CC)Cc1ccc(CNC(=NC)NCC2CCCOC2C(C)(C)C)cc1. The van der Waals surface area contributed by atoms with Crippen LogP contribution in [0.5, 0.6) is 0 Å². The monoisotopic (exact) mass is 402 g/mol. The van der Waals surface area contributed by atoms with E-state index >= 15 is 0 Å². The van der Waals surface area contributed by atoms with Crippen LogP contribution in [0.3, 0.4) is 0 Å². The molecular formula is C24H42N4O. The predicted molar refractivity (Wildman–Crippen MR) is 123 cm³/mol. The Hall–Kier alpha value is -1.59. The molecule has 0 aliphatic carbocycles. The topological polar surface area (TPSA) is 48.9 Å². The maximum absolute atomic E-state index is 6.10. The van der Waals surface area contributed by atoms with E-state index in [0.717, 1.165) is 51.7 Å². The smallest absolute Gasteiger partial charge is 0.191 e. The number of hydrogen-bond acceptors (Lipinski definition) is 3. The molecule has 1 heterocycles. The van der Waals surface area contributed by atoms with Crippen LogP contribution >= 0.6 is 0 Å². The minimum Gasteiger partial charge on any atom is -0.377 e. The Bertz CT molecular complexity index is 617. The van der Waals surface area contributed by atoms with Crippen molar-refractivity contribution in [3.05, 3.63) is 35.4 Å². The molecular weight excluding hydrogens is 360 g/mol. The van der Waals surface area contributed by atoms with Crippen molar-refractivity contribution in [1.82, 2.24) is 15.5 Å². The van der Waals surface area contributed by atoms with Gasteiger partial charge >= 0.3 is 0 Å². The highest BCUT2D eigenvalue weighted by atomic mass is 16.5. The number of nitrogens with one attached hydrogen (secondary N) is 2. The summed E-state index contributed by atoms with van der Waals surface area (Å²) in [7, 11) is 1.83. The van der Waals surface area contributed by atoms with Crippen molar-refractivity contribution in [1.29, 1.82) is 0 Å². The Kier molecular flexibility index (Phi) is 9.44. The van der Waals surface area contributed by atoms with Gasteiger partial charge in [0, 0.05) is 39.2 Å². The molecule has 0 amide bonds. The molecule has 2 atom stereocenters. The van der Waals surface area contributed by atoms with Crippen LogP contribution in [0.2, 0.25) is 0 Å². The van der Waals surface area contributed by atoms with E-state index in [4.69, 9.17) is 4.74 Å². The largest absolute Gasteiger partial charge is 0.377 e. The highest BCUT2D eigenvalue weighted by Gasteiger charge is 2.35. The van der Waals surface area contributed by atoms with E-state index in [1.165, 1.54) is 17.5 Å². The van der Waals surface area contributed by atoms with Crippen molar-refractivity contribution in [2.75, 3.05) is 33.3 Å². The fourth-order valence-electron chi connectivity index (χ4n) is 4.11. The standard InChI is InChI=1S/C24H42N4O/c1-7-28(8-2)18-20-13-11-19(12-14-20)16-26-23(25-6)27-17-21-10-9-15-29-22(21)24(3,4)5/h11-14,21-22H,7-10,15-18H2,1-6H3,(H2,25,26,27). The van der Waals surface area contributed by atoms with Crippen LogP contribution in [-0.4, -0.2) is 50.3 Å². The molecule has 0 saturated carbocycles. The van der Waals surface area contributed by atoms with Gasteiger partial charge in [-0.3, -0.25) is 9.89 Å². The third-order valence-corrected chi connectivity index (χ3v) is 5.84. The van der Waals surface area contributed by atoms with Crippen LogP contribution in [0, 0.1) is 11.3 Å². The van der Waals surface area contributed by atoms with Gasteiger partial charge in [0.2, 0.25) is 0 Å². The summed E-state index contributed by atoms with van der Waals surface area (Å²) in [6, 6.07) is 8.89. The zero-order valence-electron chi connectivity index (χ0n) is 19.4. The van der Waals surface area contributed by atoms with Crippen molar-refractivity contribution in [2.45, 2.75) is 66.7 Å². The maximum Gasteiger partial charge on any atom is 0.191 e. The second-order valence-corrected chi connectivity index (χ2v) is 9.14. The molecule has 5 heteroatoms. The minimum atomic E-state index is 0.163. The van der Waals surface area contributed by atoms with E-state index in [0.29, 0.717) is 12.0 Å². The molecule has 2 N–H and O–H groups in total. The molecule has 0 aromatic heterocycles. The molecule has 0 radical (unpaired) electrons. The number of benzene rings is 1. The Morgan fingerprint density at radius 1 is 1.10 bits per heavy atom. The molecule has 2 rings (SSSR count). The van der Waals surface area contributed by atoms with Gasteiger partial charge in [0.25, 0.3) is 0 Å². The molecule has 0 spiro atoms. The van der Waals surface area contributed by atoms with Crippen molar-refractivity contribution >= 4 is 5.96 Å². The molecule has 5 nitrogen and oxygen atoms in total. The van der Waals surface area contributed by atoms with E-state index < -0.39 is 0 Å². The molecule has 1 aliphatic heterocycles. The lowest BCUT2D eigenvalue weighted by atomic mass is 9.78. The van der Waals surface area contributed by atoms with Crippen molar-refractivity contribution < 1.29 is 4.74 Å². The van der Waals surface area contributed by atoms with Crippen LogP contribution in [0.25, 0.3) is 0 Å². The number of guanidine groups is 1. The Morgan fingerprint density at radius 2 is 1.76 bits per heavy atom.